The van der Waals surface area contributed by atoms with E-state index in [1.54, 1.807) is 24.1 Å². The first-order chi connectivity index (χ1) is 13.0. The van der Waals surface area contributed by atoms with Crippen molar-refractivity contribution in [3.8, 4) is 5.75 Å². The van der Waals surface area contributed by atoms with Crippen LogP contribution in [0.3, 0.4) is 0 Å². The fourth-order valence-corrected chi connectivity index (χ4v) is 4.19. The van der Waals surface area contributed by atoms with Gasteiger partial charge in [-0.15, -0.1) is 0 Å². The van der Waals surface area contributed by atoms with Gasteiger partial charge in [0.1, 0.15) is 5.75 Å². The van der Waals surface area contributed by atoms with Crippen LogP contribution in [0.2, 0.25) is 0 Å². The Balaban J connectivity index is 1.47. The largest absolute Gasteiger partial charge is 0.497 e. The lowest BCUT2D eigenvalue weighted by Crippen LogP contribution is -2.28. The Morgan fingerprint density at radius 1 is 1.26 bits per heavy atom. The third-order valence-corrected chi connectivity index (χ3v) is 5.67. The number of anilines is 2. The highest BCUT2D eigenvalue weighted by molar-refractivity contribution is 7.22. The van der Waals surface area contributed by atoms with Crippen LogP contribution in [-0.2, 0) is 9.59 Å². The number of fused-ring (bicyclic) bond motifs is 1. The van der Waals surface area contributed by atoms with E-state index >= 15 is 0 Å². The number of carbonyl (C=O) groups is 2. The number of rotatable bonds is 4. The Labute approximate surface area is 160 Å². The number of ether oxygens (including phenoxy) is 1. The summed E-state index contributed by atoms with van der Waals surface area (Å²) in [7, 11) is 1.60. The van der Waals surface area contributed by atoms with Gasteiger partial charge in [0.2, 0.25) is 11.8 Å². The van der Waals surface area contributed by atoms with Crippen molar-refractivity contribution in [1.82, 2.24) is 4.98 Å². The fraction of sp³-hybridized carbons (Fsp3) is 0.250. The number of carbonyl (C=O) groups excluding carboxylic acids is 2. The number of para-hydroxylation sites is 1. The third-order valence-electron chi connectivity index (χ3n) is 4.73. The van der Waals surface area contributed by atoms with Crippen molar-refractivity contribution in [2.45, 2.75) is 13.3 Å². The monoisotopic (exact) mass is 381 g/mol. The number of amides is 2. The molecule has 7 heteroatoms. The second kappa shape index (κ2) is 7.00. The summed E-state index contributed by atoms with van der Waals surface area (Å²) in [5, 5.41) is 3.45. The molecule has 1 N–H and O–H groups in total. The van der Waals surface area contributed by atoms with Crippen molar-refractivity contribution in [2.24, 2.45) is 5.92 Å². The van der Waals surface area contributed by atoms with E-state index in [1.165, 1.54) is 11.3 Å². The van der Waals surface area contributed by atoms with Crippen molar-refractivity contribution in [3.05, 3.63) is 48.0 Å². The molecule has 0 saturated carbocycles. The van der Waals surface area contributed by atoms with Gasteiger partial charge in [-0.05, 0) is 42.8 Å². The first-order valence-electron chi connectivity index (χ1n) is 8.66. The van der Waals surface area contributed by atoms with Crippen LogP contribution in [0.25, 0.3) is 10.2 Å². The molecule has 1 unspecified atom stereocenters. The normalized spacial score (nSPS) is 16.7. The van der Waals surface area contributed by atoms with Gasteiger partial charge in [-0.1, -0.05) is 23.5 Å². The zero-order chi connectivity index (χ0) is 19.0. The number of nitrogens with zero attached hydrogens (tertiary/aromatic N) is 2. The van der Waals surface area contributed by atoms with E-state index in [-0.39, 0.29) is 18.2 Å². The van der Waals surface area contributed by atoms with Crippen molar-refractivity contribution >= 4 is 44.2 Å². The van der Waals surface area contributed by atoms with E-state index in [0.717, 1.165) is 27.2 Å². The molecule has 2 amide bonds. The maximum absolute atomic E-state index is 12.7. The van der Waals surface area contributed by atoms with E-state index in [2.05, 4.69) is 10.3 Å². The zero-order valence-electron chi connectivity index (χ0n) is 15.1. The van der Waals surface area contributed by atoms with Crippen LogP contribution >= 0.6 is 11.3 Å². The lowest BCUT2D eigenvalue weighted by atomic mass is 10.1. The summed E-state index contributed by atoms with van der Waals surface area (Å²) in [5.74, 6) is 0.107. The SMILES string of the molecule is COc1ccc(N2CC(C(=O)Nc3nc4c(C)cccc4s3)CC2=O)cc1. The van der Waals surface area contributed by atoms with Crippen molar-refractivity contribution in [3.63, 3.8) is 0 Å². The van der Waals surface area contributed by atoms with Gasteiger partial charge in [0.05, 0.1) is 23.2 Å². The number of hydrogen-bond donors (Lipinski definition) is 1. The van der Waals surface area contributed by atoms with Gasteiger partial charge < -0.3 is 15.0 Å². The molecular weight excluding hydrogens is 362 g/mol. The minimum Gasteiger partial charge on any atom is -0.497 e. The van der Waals surface area contributed by atoms with E-state index in [4.69, 9.17) is 4.74 Å². The van der Waals surface area contributed by atoms with Gasteiger partial charge in [-0.3, -0.25) is 9.59 Å². The molecule has 0 spiro atoms. The van der Waals surface area contributed by atoms with Crippen molar-refractivity contribution in [2.75, 3.05) is 23.9 Å². The van der Waals surface area contributed by atoms with Gasteiger partial charge in [0.25, 0.3) is 0 Å². The van der Waals surface area contributed by atoms with Crippen molar-refractivity contribution < 1.29 is 14.3 Å². The molecule has 2 aromatic carbocycles. The molecule has 1 fully saturated rings. The summed E-state index contributed by atoms with van der Waals surface area (Å²) in [6.45, 7) is 2.36. The third kappa shape index (κ3) is 3.38. The molecule has 0 radical (unpaired) electrons. The average Bonchev–Trinajstić information content (AvgIpc) is 3.26. The number of aromatic nitrogens is 1. The number of nitrogens with one attached hydrogen (secondary N) is 1. The van der Waals surface area contributed by atoms with Crippen LogP contribution in [0.5, 0.6) is 5.75 Å². The summed E-state index contributed by atoms with van der Waals surface area (Å²) >= 11 is 1.45. The summed E-state index contributed by atoms with van der Waals surface area (Å²) in [4.78, 5) is 31.2. The van der Waals surface area contributed by atoms with Crippen LogP contribution in [0.1, 0.15) is 12.0 Å². The van der Waals surface area contributed by atoms with Crippen LogP contribution in [0, 0.1) is 12.8 Å². The van der Waals surface area contributed by atoms with Crippen LogP contribution in [0.15, 0.2) is 42.5 Å². The Hall–Kier alpha value is -2.93. The molecule has 4 rings (SSSR count). The summed E-state index contributed by atoms with van der Waals surface area (Å²) in [6, 6.07) is 13.2. The Morgan fingerprint density at radius 2 is 2.04 bits per heavy atom. The summed E-state index contributed by atoms with van der Waals surface area (Å²) in [5.41, 5.74) is 2.75. The first-order valence-corrected chi connectivity index (χ1v) is 9.48. The number of methoxy groups -OCH3 is 1. The van der Waals surface area contributed by atoms with Crippen LogP contribution in [0.4, 0.5) is 10.8 Å². The fourth-order valence-electron chi connectivity index (χ4n) is 3.24. The average molecular weight is 381 g/mol. The molecular formula is C20H19N3O3S. The standard InChI is InChI=1S/C20H19N3O3S/c1-12-4-3-5-16-18(12)21-20(27-16)22-19(25)13-10-17(24)23(11-13)14-6-8-15(26-2)9-7-14/h3-9,13H,10-11H2,1-2H3,(H,21,22,25). The highest BCUT2D eigenvalue weighted by atomic mass is 32.1. The number of hydrogen-bond acceptors (Lipinski definition) is 5. The molecule has 6 nitrogen and oxygen atoms in total. The Morgan fingerprint density at radius 3 is 2.74 bits per heavy atom. The molecule has 2 heterocycles. The summed E-state index contributed by atoms with van der Waals surface area (Å²) < 4.78 is 6.18. The second-order valence-electron chi connectivity index (χ2n) is 6.53. The molecule has 0 aliphatic carbocycles. The van der Waals surface area contributed by atoms with E-state index in [0.29, 0.717) is 11.7 Å². The highest BCUT2D eigenvalue weighted by Crippen LogP contribution is 2.30. The highest BCUT2D eigenvalue weighted by Gasteiger charge is 2.35. The number of thiazole rings is 1. The quantitative estimate of drug-likeness (QED) is 0.749. The van der Waals surface area contributed by atoms with E-state index in [9.17, 15) is 9.59 Å². The maximum atomic E-state index is 12.7. The van der Waals surface area contributed by atoms with E-state index < -0.39 is 5.92 Å². The van der Waals surface area contributed by atoms with E-state index in [1.807, 2.05) is 37.3 Å². The van der Waals surface area contributed by atoms with Crippen LogP contribution < -0.4 is 15.0 Å². The Bertz CT molecular complexity index is 1010. The van der Waals surface area contributed by atoms with Gasteiger partial charge in [-0.25, -0.2) is 4.98 Å². The molecule has 3 aromatic rings. The molecule has 1 atom stereocenters. The predicted octanol–water partition coefficient (Wildman–Crippen LogP) is 3.60. The molecule has 1 aromatic heterocycles. The number of aryl methyl sites for hydroxylation is 1. The minimum absolute atomic E-state index is 0.0551. The lowest BCUT2D eigenvalue weighted by molar-refractivity contribution is -0.122. The molecule has 1 aliphatic rings. The summed E-state index contributed by atoms with van der Waals surface area (Å²) in [6.07, 6.45) is 0.196. The van der Waals surface area contributed by atoms with Crippen LogP contribution in [-0.4, -0.2) is 30.5 Å². The molecule has 1 saturated heterocycles. The first kappa shape index (κ1) is 17.5. The van der Waals surface area contributed by atoms with Crippen molar-refractivity contribution in [1.29, 1.82) is 0 Å². The van der Waals surface area contributed by atoms with Gasteiger partial charge in [0, 0.05) is 18.7 Å². The molecule has 1 aliphatic heterocycles. The zero-order valence-corrected chi connectivity index (χ0v) is 15.9. The molecule has 138 valence electrons. The molecule has 27 heavy (non-hydrogen) atoms. The smallest absolute Gasteiger partial charge is 0.231 e. The lowest BCUT2D eigenvalue weighted by Gasteiger charge is -2.16. The van der Waals surface area contributed by atoms with Gasteiger partial charge >= 0.3 is 0 Å². The number of benzene rings is 2. The van der Waals surface area contributed by atoms with Gasteiger partial charge in [-0.2, -0.15) is 0 Å². The predicted molar refractivity (Wildman–Crippen MR) is 106 cm³/mol. The molecule has 0 bridgehead atoms. The minimum atomic E-state index is -0.396. The Kier molecular flexibility index (Phi) is 4.53. The maximum Gasteiger partial charge on any atom is 0.231 e. The second-order valence-corrected chi connectivity index (χ2v) is 7.56. The van der Waals surface area contributed by atoms with Gasteiger partial charge in [0.15, 0.2) is 5.13 Å². The topological polar surface area (TPSA) is 71.5 Å².